The second kappa shape index (κ2) is 12.4. The highest BCUT2D eigenvalue weighted by Crippen LogP contribution is 2.48. The lowest BCUT2D eigenvalue weighted by Crippen LogP contribution is -2.33. The predicted molar refractivity (Wildman–Crippen MR) is 156 cm³/mol. The molecule has 2 amide bonds. The number of benzene rings is 3. The van der Waals surface area contributed by atoms with Crippen molar-refractivity contribution in [3.8, 4) is 0 Å². The largest absolute Gasteiger partial charge is 0.361 e. The van der Waals surface area contributed by atoms with Crippen LogP contribution in [0.3, 0.4) is 0 Å². The Morgan fingerprint density at radius 1 is 1.00 bits per heavy atom. The summed E-state index contributed by atoms with van der Waals surface area (Å²) in [6.07, 6.45) is 0. The van der Waals surface area contributed by atoms with Crippen molar-refractivity contribution in [3.05, 3.63) is 83.9 Å². The molecule has 4 rings (SSSR count). The first-order valence-electron chi connectivity index (χ1n) is 12.8. The van der Waals surface area contributed by atoms with Gasteiger partial charge in [0.2, 0.25) is 5.91 Å². The number of rotatable bonds is 11. The molecule has 0 bridgehead atoms. The van der Waals surface area contributed by atoms with Gasteiger partial charge in [0.25, 0.3) is 5.91 Å². The van der Waals surface area contributed by atoms with Crippen molar-refractivity contribution in [1.82, 2.24) is 0 Å². The van der Waals surface area contributed by atoms with Crippen LogP contribution in [-0.4, -0.2) is 38.1 Å². The second-order valence-electron chi connectivity index (χ2n) is 8.76. The number of fused-ring (bicyclic) bond motifs is 1. The van der Waals surface area contributed by atoms with E-state index < -0.39 is 7.60 Å². The van der Waals surface area contributed by atoms with Crippen LogP contribution in [-0.2, 0) is 23.2 Å². The molecule has 0 unspecified atom stereocenters. The van der Waals surface area contributed by atoms with Crippen LogP contribution in [0, 0.1) is 0 Å². The molecule has 0 atom stereocenters. The summed E-state index contributed by atoms with van der Waals surface area (Å²) < 4.78 is 24.6. The minimum atomic E-state index is -3.57. The molecule has 0 aromatic heterocycles. The monoisotopic (exact) mass is 548 g/mol. The lowest BCUT2D eigenvalue weighted by atomic mass is 10.00. The van der Waals surface area contributed by atoms with Crippen LogP contribution in [0.2, 0.25) is 0 Å². The predicted octanol–water partition coefficient (Wildman–Crippen LogP) is 4.82. The fraction of sp³-hybridized carbons (Fsp3) is 0.241. The third-order valence-electron chi connectivity index (χ3n) is 6.16. The highest BCUT2D eigenvalue weighted by Gasteiger charge is 2.33. The molecule has 1 heterocycles. The first-order valence-corrected chi connectivity index (χ1v) is 14.4. The smallest absolute Gasteiger partial charge is 0.354 e. The van der Waals surface area contributed by atoms with Gasteiger partial charge in [0.15, 0.2) is 0 Å². The van der Waals surface area contributed by atoms with Crippen molar-refractivity contribution in [3.63, 3.8) is 0 Å². The van der Waals surface area contributed by atoms with E-state index in [4.69, 9.17) is 14.8 Å². The van der Waals surface area contributed by atoms with Crippen molar-refractivity contribution in [1.29, 1.82) is 0 Å². The normalized spacial score (nSPS) is 14.0. The van der Waals surface area contributed by atoms with Crippen molar-refractivity contribution in [2.45, 2.75) is 20.8 Å². The minimum absolute atomic E-state index is 0.0975. The molecular formula is C29H33N4O5P. The van der Waals surface area contributed by atoms with Crippen molar-refractivity contribution in [2.24, 2.45) is 5.73 Å². The minimum Gasteiger partial charge on any atom is -0.354 e. The first-order chi connectivity index (χ1) is 18.8. The van der Waals surface area contributed by atoms with Crippen molar-refractivity contribution < 1.29 is 23.2 Å². The summed E-state index contributed by atoms with van der Waals surface area (Å²) in [7, 11) is -3.57. The van der Waals surface area contributed by atoms with Gasteiger partial charge in [0.1, 0.15) is 0 Å². The summed E-state index contributed by atoms with van der Waals surface area (Å²) in [5.74, 6) is -0.391. The van der Waals surface area contributed by atoms with E-state index in [0.717, 1.165) is 11.3 Å². The summed E-state index contributed by atoms with van der Waals surface area (Å²) in [5, 5.41) is 6.69. The Morgan fingerprint density at radius 2 is 1.67 bits per heavy atom. The summed E-state index contributed by atoms with van der Waals surface area (Å²) in [4.78, 5) is 27.0. The quantitative estimate of drug-likeness (QED) is 0.232. The second-order valence-corrected chi connectivity index (χ2v) is 10.8. The van der Waals surface area contributed by atoms with E-state index in [9.17, 15) is 14.2 Å². The molecule has 1 aliphatic heterocycles. The Balaban J connectivity index is 1.81. The van der Waals surface area contributed by atoms with Crippen molar-refractivity contribution >= 4 is 53.0 Å². The molecule has 3 aromatic carbocycles. The standard InChI is InChI=1S/C29H33N4O5P/c1-4-37-39(36,38-5-2)24-15-16-26-25(19-24)27(29(35)32-26)28(21-9-7-6-8-10-21)31-22-11-13-23(14-12-22)33(18-17-30)20(3)34/h6-16,19,31H,4-5,17-18,30H2,1-3H3,(H,32,35). The molecule has 0 fully saturated rings. The third kappa shape index (κ3) is 6.13. The van der Waals surface area contributed by atoms with E-state index in [1.165, 1.54) is 6.92 Å². The molecule has 10 heteroatoms. The number of carbonyl (C=O) groups excluding carboxylic acids is 2. The van der Waals surface area contributed by atoms with Crippen LogP contribution in [0.15, 0.2) is 72.8 Å². The molecule has 3 aromatic rings. The number of hydrogen-bond acceptors (Lipinski definition) is 7. The van der Waals surface area contributed by atoms with Crippen LogP contribution < -0.4 is 26.6 Å². The summed E-state index contributed by atoms with van der Waals surface area (Å²) >= 11 is 0. The molecule has 39 heavy (non-hydrogen) atoms. The number of carbonyl (C=O) groups is 2. The topological polar surface area (TPSA) is 123 Å². The van der Waals surface area contributed by atoms with Gasteiger partial charge in [-0.05, 0) is 61.9 Å². The summed E-state index contributed by atoms with van der Waals surface area (Å²) in [6.45, 7) is 6.20. The van der Waals surface area contributed by atoms with Gasteiger partial charge in [-0.1, -0.05) is 30.3 Å². The van der Waals surface area contributed by atoms with E-state index in [2.05, 4.69) is 10.6 Å². The zero-order valence-electron chi connectivity index (χ0n) is 22.3. The SMILES string of the molecule is CCOP(=O)(OCC)c1ccc2c(c1)C(=C(Nc1ccc(N(CCN)C(C)=O)cc1)c1ccccc1)C(=O)N2. The zero-order valence-corrected chi connectivity index (χ0v) is 23.2. The zero-order chi connectivity index (χ0) is 28.0. The maximum Gasteiger partial charge on any atom is 0.361 e. The average molecular weight is 549 g/mol. The van der Waals surface area contributed by atoms with Gasteiger partial charge in [-0.25, -0.2) is 0 Å². The van der Waals surface area contributed by atoms with Gasteiger partial charge < -0.3 is 30.3 Å². The van der Waals surface area contributed by atoms with Gasteiger partial charge in [0.05, 0.1) is 29.8 Å². The molecule has 0 saturated carbocycles. The van der Waals surface area contributed by atoms with Crippen LogP contribution in [0.5, 0.6) is 0 Å². The molecule has 0 saturated heterocycles. The maximum atomic E-state index is 13.5. The summed E-state index contributed by atoms with van der Waals surface area (Å²) in [6, 6.07) is 21.9. The molecule has 0 spiro atoms. The highest BCUT2D eigenvalue weighted by atomic mass is 31.2. The molecule has 0 radical (unpaired) electrons. The molecule has 4 N–H and O–H groups in total. The van der Waals surface area contributed by atoms with E-state index in [1.807, 2.05) is 54.6 Å². The number of anilines is 3. The number of hydrogen-bond donors (Lipinski definition) is 3. The van der Waals surface area contributed by atoms with Gasteiger partial charge in [-0.15, -0.1) is 0 Å². The molecule has 9 nitrogen and oxygen atoms in total. The first kappa shape index (κ1) is 28.3. The highest BCUT2D eigenvalue weighted by molar-refractivity contribution is 7.62. The van der Waals surface area contributed by atoms with E-state index in [1.54, 1.807) is 36.9 Å². The van der Waals surface area contributed by atoms with Gasteiger partial charge in [0, 0.05) is 42.6 Å². The van der Waals surface area contributed by atoms with Gasteiger partial charge in [-0.2, -0.15) is 0 Å². The van der Waals surface area contributed by atoms with Crippen molar-refractivity contribution in [2.75, 3.05) is 41.8 Å². The Morgan fingerprint density at radius 3 is 2.26 bits per heavy atom. The molecule has 0 aliphatic carbocycles. The number of nitrogens with zero attached hydrogens (tertiary/aromatic N) is 1. The van der Waals surface area contributed by atoms with E-state index in [0.29, 0.717) is 46.6 Å². The molecule has 204 valence electrons. The fourth-order valence-electron chi connectivity index (χ4n) is 4.45. The average Bonchev–Trinajstić information content (AvgIpc) is 3.26. The molecular weight excluding hydrogens is 515 g/mol. The Labute approximate surface area is 228 Å². The van der Waals surface area contributed by atoms with Crippen LogP contribution in [0.1, 0.15) is 31.9 Å². The third-order valence-corrected chi connectivity index (χ3v) is 8.26. The maximum absolute atomic E-state index is 13.5. The van der Waals surface area contributed by atoms with E-state index in [-0.39, 0.29) is 25.0 Å². The Kier molecular flexibility index (Phi) is 8.99. The van der Waals surface area contributed by atoms with Crippen LogP contribution in [0.4, 0.5) is 17.1 Å². The lowest BCUT2D eigenvalue weighted by Gasteiger charge is -2.21. The number of amides is 2. The van der Waals surface area contributed by atoms with Crippen LogP contribution in [0.25, 0.3) is 11.3 Å². The Bertz CT molecular complexity index is 1410. The number of nitrogens with one attached hydrogen (secondary N) is 2. The Hall–Kier alpha value is -3.75. The number of nitrogens with two attached hydrogens (primary N) is 1. The summed E-state index contributed by atoms with van der Waals surface area (Å²) in [5.41, 5.74) is 10.1. The lowest BCUT2D eigenvalue weighted by molar-refractivity contribution is -0.116. The fourth-order valence-corrected chi connectivity index (χ4v) is 6.05. The molecule has 1 aliphatic rings. The van der Waals surface area contributed by atoms with Gasteiger partial charge >= 0.3 is 7.60 Å². The van der Waals surface area contributed by atoms with Crippen LogP contribution >= 0.6 is 7.60 Å². The van der Waals surface area contributed by atoms with Gasteiger partial charge in [-0.3, -0.25) is 14.2 Å². The van der Waals surface area contributed by atoms with E-state index >= 15 is 0 Å².